The van der Waals surface area contributed by atoms with Gasteiger partial charge in [-0.2, -0.15) is 5.26 Å². The van der Waals surface area contributed by atoms with E-state index in [0.717, 1.165) is 29.9 Å². The normalized spacial score (nSPS) is 21.0. The van der Waals surface area contributed by atoms with Crippen molar-refractivity contribution in [2.45, 2.75) is 51.5 Å². The molecular weight excluding hydrogens is 312 g/mol. The predicted molar refractivity (Wildman–Crippen MR) is 96.9 cm³/mol. The number of hydrogen-bond acceptors (Lipinski definition) is 3. The second-order valence-electron chi connectivity index (χ2n) is 6.98. The number of hydrogen-bond donors (Lipinski definition) is 2. The summed E-state index contributed by atoms with van der Waals surface area (Å²) in [7, 11) is 0. The molecule has 0 aromatic carbocycles. The lowest BCUT2D eigenvalue weighted by Gasteiger charge is -2.23. The molecule has 2 aromatic heterocycles. The summed E-state index contributed by atoms with van der Waals surface area (Å²) >= 11 is 0. The molecule has 1 saturated carbocycles. The van der Waals surface area contributed by atoms with Gasteiger partial charge in [0, 0.05) is 29.6 Å². The molecule has 0 aliphatic heterocycles. The Labute approximate surface area is 148 Å². The van der Waals surface area contributed by atoms with Crippen LogP contribution in [0.1, 0.15) is 61.6 Å². The van der Waals surface area contributed by atoms with Crippen LogP contribution in [0.4, 0.5) is 0 Å². The van der Waals surface area contributed by atoms with Gasteiger partial charge in [-0.15, -0.1) is 0 Å². The predicted octanol–water partition coefficient (Wildman–Crippen LogP) is 4.04. The minimum absolute atomic E-state index is 0.0499. The molecule has 1 fully saturated rings. The maximum absolute atomic E-state index is 12.5. The third-order valence-corrected chi connectivity index (χ3v) is 4.98. The number of nitriles is 1. The summed E-state index contributed by atoms with van der Waals surface area (Å²) in [6, 6.07) is 7.62. The van der Waals surface area contributed by atoms with E-state index in [0.29, 0.717) is 11.4 Å². The number of carbonyl (C=O) groups is 1. The Balaban J connectivity index is 1.64. The van der Waals surface area contributed by atoms with Crippen molar-refractivity contribution < 1.29 is 4.79 Å². The van der Waals surface area contributed by atoms with Crippen molar-refractivity contribution in [3.63, 3.8) is 0 Å². The molecule has 2 unspecified atom stereocenters. The van der Waals surface area contributed by atoms with Crippen LogP contribution in [0.15, 0.2) is 30.6 Å². The number of H-pyrrole nitrogens is 1. The van der Waals surface area contributed by atoms with Gasteiger partial charge < -0.3 is 10.3 Å². The van der Waals surface area contributed by atoms with Gasteiger partial charge in [0.15, 0.2) is 0 Å². The highest BCUT2D eigenvalue weighted by molar-refractivity contribution is 5.94. The standard InChI is InChI=1S/C20H24N4O/c1-14-4-2-3-5-17(8-6-14)24-20(25)19-10-16(13-23-19)15-7-9-18(11-21)22-12-15/h7,9-10,12-14,17,23H,2-6,8H2,1H3,(H,24,25). The quantitative estimate of drug-likeness (QED) is 0.887. The fourth-order valence-electron chi connectivity index (χ4n) is 3.39. The number of carbonyl (C=O) groups excluding carboxylic acids is 1. The van der Waals surface area contributed by atoms with Crippen LogP contribution < -0.4 is 5.32 Å². The molecule has 1 aliphatic rings. The zero-order valence-corrected chi connectivity index (χ0v) is 14.6. The number of aromatic amines is 1. The summed E-state index contributed by atoms with van der Waals surface area (Å²) in [4.78, 5) is 19.7. The first kappa shape index (κ1) is 17.2. The molecule has 0 bridgehead atoms. The van der Waals surface area contributed by atoms with E-state index in [2.05, 4.69) is 22.2 Å². The van der Waals surface area contributed by atoms with E-state index in [-0.39, 0.29) is 11.9 Å². The number of amides is 1. The van der Waals surface area contributed by atoms with Gasteiger partial charge in [0.1, 0.15) is 17.5 Å². The number of rotatable bonds is 3. The summed E-state index contributed by atoms with van der Waals surface area (Å²) < 4.78 is 0. The molecule has 5 nitrogen and oxygen atoms in total. The number of nitrogens with zero attached hydrogens (tertiary/aromatic N) is 2. The van der Waals surface area contributed by atoms with Crippen molar-refractivity contribution in [2.75, 3.05) is 0 Å². The third-order valence-electron chi connectivity index (χ3n) is 4.98. The van der Waals surface area contributed by atoms with Crippen LogP contribution in [-0.4, -0.2) is 21.9 Å². The minimum Gasteiger partial charge on any atom is -0.357 e. The molecule has 3 rings (SSSR count). The van der Waals surface area contributed by atoms with Crippen molar-refractivity contribution in [3.8, 4) is 17.2 Å². The number of aromatic nitrogens is 2. The molecule has 0 spiro atoms. The second kappa shape index (κ2) is 7.98. The topological polar surface area (TPSA) is 81.6 Å². The zero-order valence-electron chi connectivity index (χ0n) is 14.6. The van der Waals surface area contributed by atoms with Crippen LogP contribution in [-0.2, 0) is 0 Å². The first-order valence-electron chi connectivity index (χ1n) is 9.01. The fraction of sp³-hybridized carbons (Fsp3) is 0.450. The molecule has 0 radical (unpaired) electrons. The first-order chi connectivity index (χ1) is 12.2. The summed E-state index contributed by atoms with van der Waals surface area (Å²) in [5.74, 6) is 0.701. The van der Waals surface area contributed by atoms with Gasteiger partial charge in [-0.05, 0) is 43.4 Å². The molecule has 1 amide bonds. The molecule has 2 N–H and O–H groups in total. The fourth-order valence-corrected chi connectivity index (χ4v) is 3.39. The molecule has 2 atom stereocenters. The van der Waals surface area contributed by atoms with Crippen LogP contribution in [0.3, 0.4) is 0 Å². The van der Waals surface area contributed by atoms with Crippen LogP contribution in [0, 0.1) is 17.2 Å². The lowest BCUT2D eigenvalue weighted by Crippen LogP contribution is -2.35. The van der Waals surface area contributed by atoms with Crippen LogP contribution in [0.25, 0.3) is 11.1 Å². The van der Waals surface area contributed by atoms with Gasteiger partial charge in [0.2, 0.25) is 0 Å². The Kier molecular flexibility index (Phi) is 5.49. The van der Waals surface area contributed by atoms with Gasteiger partial charge in [-0.1, -0.05) is 26.2 Å². The Morgan fingerprint density at radius 2 is 2.08 bits per heavy atom. The molecular formula is C20H24N4O. The Morgan fingerprint density at radius 1 is 1.24 bits per heavy atom. The Hall–Kier alpha value is -2.61. The average molecular weight is 336 g/mol. The maximum atomic E-state index is 12.5. The summed E-state index contributed by atoms with van der Waals surface area (Å²) in [6.45, 7) is 2.30. The van der Waals surface area contributed by atoms with Gasteiger partial charge in [-0.3, -0.25) is 4.79 Å². The third kappa shape index (κ3) is 4.48. The van der Waals surface area contributed by atoms with Crippen molar-refractivity contribution in [1.82, 2.24) is 15.3 Å². The molecule has 1 aliphatic carbocycles. The van der Waals surface area contributed by atoms with E-state index >= 15 is 0 Å². The molecule has 0 saturated heterocycles. The van der Waals surface area contributed by atoms with Crippen molar-refractivity contribution >= 4 is 5.91 Å². The van der Waals surface area contributed by atoms with E-state index in [4.69, 9.17) is 5.26 Å². The highest BCUT2D eigenvalue weighted by Gasteiger charge is 2.18. The number of nitrogens with one attached hydrogen (secondary N) is 2. The van der Waals surface area contributed by atoms with E-state index in [9.17, 15) is 4.79 Å². The van der Waals surface area contributed by atoms with E-state index in [1.54, 1.807) is 18.5 Å². The SMILES string of the molecule is CC1CCCCC(NC(=O)c2cc(-c3ccc(C#N)nc3)c[nH]2)CC1. The zero-order chi connectivity index (χ0) is 17.6. The van der Waals surface area contributed by atoms with E-state index in [1.165, 1.54) is 25.7 Å². The molecule has 130 valence electrons. The van der Waals surface area contributed by atoms with Gasteiger partial charge >= 0.3 is 0 Å². The average Bonchev–Trinajstić information content (AvgIpc) is 3.11. The van der Waals surface area contributed by atoms with Gasteiger partial charge in [0.05, 0.1) is 0 Å². The minimum atomic E-state index is -0.0499. The van der Waals surface area contributed by atoms with Gasteiger partial charge in [-0.25, -0.2) is 4.98 Å². The molecule has 2 aromatic rings. The van der Waals surface area contributed by atoms with Crippen molar-refractivity contribution in [3.05, 3.63) is 42.0 Å². The van der Waals surface area contributed by atoms with Crippen molar-refractivity contribution in [1.29, 1.82) is 5.26 Å². The Morgan fingerprint density at radius 3 is 2.84 bits per heavy atom. The lowest BCUT2D eigenvalue weighted by atomic mass is 9.90. The largest absolute Gasteiger partial charge is 0.357 e. The molecule has 2 heterocycles. The summed E-state index contributed by atoms with van der Waals surface area (Å²) in [5, 5.41) is 12.0. The van der Waals surface area contributed by atoms with Crippen LogP contribution in [0.2, 0.25) is 0 Å². The maximum Gasteiger partial charge on any atom is 0.267 e. The molecule has 25 heavy (non-hydrogen) atoms. The number of pyridine rings is 1. The van der Waals surface area contributed by atoms with E-state index < -0.39 is 0 Å². The van der Waals surface area contributed by atoms with Crippen LogP contribution in [0.5, 0.6) is 0 Å². The highest BCUT2D eigenvalue weighted by Crippen LogP contribution is 2.23. The smallest absolute Gasteiger partial charge is 0.267 e. The monoisotopic (exact) mass is 336 g/mol. The highest BCUT2D eigenvalue weighted by atomic mass is 16.1. The molecule has 5 heteroatoms. The van der Waals surface area contributed by atoms with Crippen LogP contribution >= 0.6 is 0 Å². The summed E-state index contributed by atoms with van der Waals surface area (Å²) in [5.41, 5.74) is 2.73. The Bertz CT molecular complexity index is 757. The second-order valence-corrected chi connectivity index (χ2v) is 6.98. The van der Waals surface area contributed by atoms with Gasteiger partial charge in [0.25, 0.3) is 5.91 Å². The summed E-state index contributed by atoms with van der Waals surface area (Å²) in [6.07, 6.45) is 10.5. The van der Waals surface area contributed by atoms with E-state index in [1.807, 2.05) is 18.2 Å². The first-order valence-corrected chi connectivity index (χ1v) is 9.01. The lowest BCUT2D eigenvalue weighted by molar-refractivity contribution is 0.0924. The van der Waals surface area contributed by atoms with Crippen molar-refractivity contribution in [2.24, 2.45) is 5.92 Å².